The van der Waals surface area contributed by atoms with Crippen molar-refractivity contribution in [2.24, 2.45) is 0 Å². The zero-order valence-corrected chi connectivity index (χ0v) is 20.6. The molecule has 9 heteroatoms. The van der Waals surface area contributed by atoms with Crippen LogP contribution in [0.2, 0.25) is 0 Å². The molecule has 4 heterocycles. The molecule has 6 rings (SSSR count). The van der Waals surface area contributed by atoms with Gasteiger partial charge in [-0.15, -0.1) is 0 Å². The lowest BCUT2D eigenvalue weighted by atomic mass is 10.0. The van der Waals surface area contributed by atoms with E-state index in [1.54, 1.807) is 19.6 Å². The number of benzene rings is 2. The normalized spacial score (nSPS) is 18.9. The van der Waals surface area contributed by atoms with Crippen molar-refractivity contribution in [3.05, 3.63) is 54.6 Å². The van der Waals surface area contributed by atoms with E-state index in [1.165, 1.54) is 10.9 Å². The molecule has 1 atom stereocenters. The number of nitrogens with zero attached hydrogens (tertiary/aromatic N) is 6. The van der Waals surface area contributed by atoms with Crippen molar-refractivity contribution in [3.63, 3.8) is 0 Å². The number of aromatic nitrogens is 4. The second-order valence-electron chi connectivity index (χ2n) is 9.65. The maximum Gasteiger partial charge on any atom is 0.219 e. The number of nitrogens with one attached hydrogen (secondary N) is 1. The first-order valence-corrected chi connectivity index (χ1v) is 12.7. The third kappa shape index (κ3) is 4.35. The summed E-state index contributed by atoms with van der Waals surface area (Å²) in [7, 11) is 0. The number of carbonyl (C=O) groups excluding carboxylic acids is 1. The number of anilines is 1. The molecule has 2 saturated heterocycles. The minimum Gasteiger partial charge on any atom is -0.491 e. The van der Waals surface area contributed by atoms with Gasteiger partial charge in [-0.3, -0.25) is 9.69 Å². The SMILES string of the molecule is CC(=O)N1CCN(Cc2ccc(OCC3CCCN3c3ncnc4[nH]cnc34)c3ccccc23)CC1. The fourth-order valence-electron chi connectivity index (χ4n) is 5.50. The van der Waals surface area contributed by atoms with Gasteiger partial charge in [0.05, 0.1) is 12.4 Å². The Kier molecular flexibility index (Phi) is 6.14. The Labute approximate surface area is 210 Å². The number of amides is 1. The maximum atomic E-state index is 11.7. The molecule has 0 spiro atoms. The number of rotatable bonds is 6. The van der Waals surface area contributed by atoms with Gasteiger partial charge in [0.25, 0.3) is 0 Å². The van der Waals surface area contributed by atoms with E-state index in [0.29, 0.717) is 6.61 Å². The third-order valence-corrected chi connectivity index (χ3v) is 7.46. The second-order valence-corrected chi connectivity index (χ2v) is 9.65. The van der Waals surface area contributed by atoms with Crippen LogP contribution in [0, 0.1) is 0 Å². The van der Waals surface area contributed by atoms with E-state index < -0.39 is 0 Å². The average molecular weight is 486 g/mol. The van der Waals surface area contributed by atoms with E-state index in [4.69, 9.17) is 4.74 Å². The summed E-state index contributed by atoms with van der Waals surface area (Å²) in [6.45, 7) is 7.43. The van der Waals surface area contributed by atoms with Crippen LogP contribution in [0.25, 0.3) is 21.9 Å². The van der Waals surface area contributed by atoms with Gasteiger partial charge in [-0.25, -0.2) is 15.0 Å². The molecule has 2 aromatic heterocycles. The number of ether oxygens (including phenoxy) is 1. The van der Waals surface area contributed by atoms with E-state index in [9.17, 15) is 4.79 Å². The van der Waals surface area contributed by atoms with Crippen molar-refractivity contribution in [3.8, 4) is 5.75 Å². The Morgan fingerprint density at radius 1 is 1.03 bits per heavy atom. The summed E-state index contributed by atoms with van der Waals surface area (Å²) in [5, 5.41) is 2.36. The highest BCUT2D eigenvalue weighted by atomic mass is 16.5. The summed E-state index contributed by atoms with van der Waals surface area (Å²) >= 11 is 0. The van der Waals surface area contributed by atoms with E-state index in [2.05, 4.69) is 66.1 Å². The molecule has 2 aliphatic rings. The highest BCUT2D eigenvalue weighted by molar-refractivity contribution is 5.91. The lowest BCUT2D eigenvalue weighted by Gasteiger charge is -2.34. The molecule has 36 heavy (non-hydrogen) atoms. The van der Waals surface area contributed by atoms with Crippen LogP contribution in [-0.4, -0.2) is 81.0 Å². The van der Waals surface area contributed by atoms with Gasteiger partial charge in [0.2, 0.25) is 5.91 Å². The monoisotopic (exact) mass is 485 g/mol. The van der Waals surface area contributed by atoms with Crippen molar-refractivity contribution < 1.29 is 9.53 Å². The first-order chi connectivity index (χ1) is 17.7. The van der Waals surface area contributed by atoms with E-state index in [1.807, 2.05) is 4.90 Å². The molecule has 2 aromatic carbocycles. The number of imidazole rings is 1. The lowest BCUT2D eigenvalue weighted by molar-refractivity contribution is -0.130. The summed E-state index contributed by atoms with van der Waals surface area (Å²) in [5.74, 6) is 1.95. The van der Waals surface area contributed by atoms with Gasteiger partial charge < -0.3 is 19.5 Å². The van der Waals surface area contributed by atoms with Crippen molar-refractivity contribution in [2.75, 3.05) is 44.2 Å². The second kappa shape index (κ2) is 9.73. The van der Waals surface area contributed by atoms with Crippen LogP contribution in [0.15, 0.2) is 49.1 Å². The summed E-state index contributed by atoms with van der Waals surface area (Å²) in [5.41, 5.74) is 2.86. The van der Waals surface area contributed by atoms with Gasteiger partial charge in [0, 0.05) is 51.6 Å². The van der Waals surface area contributed by atoms with Crippen LogP contribution in [0.4, 0.5) is 5.82 Å². The first kappa shape index (κ1) is 22.7. The van der Waals surface area contributed by atoms with Crippen LogP contribution in [0.1, 0.15) is 25.3 Å². The number of fused-ring (bicyclic) bond motifs is 2. The van der Waals surface area contributed by atoms with Gasteiger partial charge in [-0.1, -0.05) is 30.3 Å². The molecule has 9 nitrogen and oxygen atoms in total. The number of hydrogen-bond acceptors (Lipinski definition) is 7. The van der Waals surface area contributed by atoms with E-state index >= 15 is 0 Å². The molecule has 0 radical (unpaired) electrons. The molecule has 186 valence electrons. The Hall–Kier alpha value is -3.72. The predicted octanol–water partition coefficient (Wildman–Crippen LogP) is 3.22. The molecule has 0 aliphatic carbocycles. The van der Waals surface area contributed by atoms with Crippen LogP contribution in [-0.2, 0) is 11.3 Å². The van der Waals surface area contributed by atoms with E-state index in [0.717, 1.165) is 80.2 Å². The molecule has 0 bridgehead atoms. The van der Waals surface area contributed by atoms with Crippen molar-refractivity contribution >= 4 is 33.7 Å². The van der Waals surface area contributed by atoms with Crippen molar-refractivity contribution in [1.29, 1.82) is 0 Å². The Bertz CT molecular complexity index is 1380. The Balaban J connectivity index is 1.18. The Morgan fingerprint density at radius 2 is 1.86 bits per heavy atom. The van der Waals surface area contributed by atoms with E-state index in [-0.39, 0.29) is 11.9 Å². The zero-order chi connectivity index (χ0) is 24.5. The summed E-state index contributed by atoms with van der Waals surface area (Å²) in [4.78, 5) is 34.7. The minimum absolute atomic E-state index is 0.163. The first-order valence-electron chi connectivity index (χ1n) is 12.7. The number of hydrogen-bond donors (Lipinski definition) is 1. The maximum absolute atomic E-state index is 11.7. The average Bonchev–Trinajstić information content (AvgIpc) is 3.58. The number of carbonyl (C=O) groups is 1. The highest BCUT2D eigenvalue weighted by Crippen LogP contribution is 2.32. The molecule has 1 N–H and O–H groups in total. The molecule has 4 aromatic rings. The number of piperazine rings is 1. The van der Waals surface area contributed by atoms with Gasteiger partial charge in [0.15, 0.2) is 11.5 Å². The van der Waals surface area contributed by atoms with Gasteiger partial charge in [-0.2, -0.15) is 0 Å². The largest absolute Gasteiger partial charge is 0.491 e. The quantitative estimate of drug-likeness (QED) is 0.448. The topological polar surface area (TPSA) is 90.5 Å². The van der Waals surface area contributed by atoms with Gasteiger partial charge in [0.1, 0.15) is 24.2 Å². The molecule has 0 saturated carbocycles. The molecule has 1 amide bonds. The molecule has 2 aliphatic heterocycles. The minimum atomic E-state index is 0.163. The van der Waals surface area contributed by atoms with Gasteiger partial charge >= 0.3 is 0 Å². The third-order valence-electron chi connectivity index (χ3n) is 7.46. The summed E-state index contributed by atoms with van der Waals surface area (Å²) in [6, 6.07) is 13.0. The van der Waals surface area contributed by atoms with Crippen molar-refractivity contribution in [2.45, 2.75) is 32.4 Å². The Morgan fingerprint density at radius 3 is 2.69 bits per heavy atom. The smallest absolute Gasteiger partial charge is 0.219 e. The fraction of sp³-hybridized carbons (Fsp3) is 0.407. The number of aromatic amines is 1. The zero-order valence-electron chi connectivity index (χ0n) is 20.6. The van der Waals surface area contributed by atoms with Crippen LogP contribution >= 0.6 is 0 Å². The fourth-order valence-corrected chi connectivity index (χ4v) is 5.50. The molecular formula is C27H31N7O2. The van der Waals surface area contributed by atoms with Gasteiger partial charge in [-0.05, 0) is 29.9 Å². The lowest BCUT2D eigenvalue weighted by Crippen LogP contribution is -2.47. The molecule has 2 fully saturated rings. The standard InChI is InChI=1S/C27H31N7O2/c1-19(35)33-13-11-32(12-14-33)15-20-8-9-24(23-7-3-2-6-22(20)23)36-16-21-5-4-10-34(21)27-25-26(29-17-28-25)30-18-31-27/h2-3,6-9,17-18,21H,4-5,10-16H2,1H3,(H,28,29,30,31). The number of H-pyrrole nitrogens is 1. The van der Waals surface area contributed by atoms with Crippen LogP contribution < -0.4 is 9.64 Å². The summed E-state index contributed by atoms with van der Waals surface area (Å²) in [6.07, 6.45) is 5.42. The van der Waals surface area contributed by atoms with Crippen LogP contribution in [0.5, 0.6) is 5.75 Å². The predicted molar refractivity (Wildman–Crippen MR) is 139 cm³/mol. The summed E-state index contributed by atoms with van der Waals surface area (Å²) < 4.78 is 6.46. The molecule has 1 unspecified atom stereocenters. The highest BCUT2D eigenvalue weighted by Gasteiger charge is 2.29. The molecular weight excluding hydrogens is 454 g/mol. The van der Waals surface area contributed by atoms with Crippen molar-refractivity contribution in [1.82, 2.24) is 29.7 Å². The van der Waals surface area contributed by atoms with Crippen LogP contribution in [0.3, 0.4) is 0 Å².